The highest BCUT2D eigenvalue weighted by atomic mass is 35.5. The summed E-state index contributed by atoms with van der Waals surface area (Å²) < 4.78 is 27.6. The van der Waals surface area contributed by atoms with Gasteiger partial charge in [-0.25, -0.2) is 13.1 Å². The molecule has 0 heterocycles. The highest BCUT2D eigenvalue weighted by Crippen LogP contribution is 2.20. The van der Waals surface area contributed by atoms with Crippen molar-refractivity contribution in [2.75, 3.05) is 0 Å². The first-order valence-electron chi connectivity index (χ1n) is 7.71. The maximum atomic E-state index is 12.5. The van der Waals surface area contributed by atoms with E-state index in [1.54, 1.807) is 30.3 Å². The van der Waals surface area contributed by atoms with Gasteiger partial charge in [0.15, 0.2) is 0 Å². The number of nitrogens with one attached hydrogen (secondary N) is 1. The molecule has 0 aliphatic heterocycles. The van der Waals surface area contributed by atoms with Crippen molar-refractivity contribution in [3.8, 4) is 0 Å². The van der Waals surface area contributed by atoms with Crippen molar-refractivity contribution in [1.29, 1.82) is 0 Å². The molecule has 4 atom stereocenters. The molecule has 0 saturated heterocycles. The van der Waals surface area contributed by atoms with Crippen LogP contribution in [0.25, 0.3) is 0 Å². The smallest absolute Gasteiger partial charge is 0.240 e. The number of hydrogen-bond acceptors (Lipinski definition) is 3. The Balaban J connectivity index is 2.94. The van der Waals surface area contributed by atoms with E-state index in [0.717, 1.165) is 12.8 Å². The minimum absolute atomic E-state index is 0.00853. The van der Waals surface area contributed by atoms with E-state index in [2.05, 4.69) is 4.72 Å². The number of halogens is 1. The highest BCUT2D eigenvalue weighted by molar-refractivity contribution is 7.89. The molecule has 22 heavy (non-hydrogen) atoms. The molecule has 0 fully saturated rings. The van der Waals surface area contributed by atoms with Gasteiger partial charge in [0.05, 0.1) is 17.0 Å². The standard InChI is InChI=1S/C16H26ClNO3S/c1-4-12(3)16(15(19)11-13(17)5-2)18-22(20,21)14-9-7-6-8-10-14/h6-10,12-13,15-16,18-19H,4-5,11H2,1-3H3/t12-,13?,15-,16-/m0/s1. The van der Waals surface area contributed by atoms with Crippen LogP contribution in [0.2, 0.25) is 0 Å². The lowest BCUT2D eigenvalue weighted by Crippen LogP contribution is -2.48. The Hall–Kier alpha value is -0.620. The largest absolute Gasteiger partial charge is 0.391 e. The molecule has 2 N–H and O–H groups in total. The normalized spacial score (nSPS) is 17.7. The lowest BCUT2D eigenvalue weighted by Gasteiger charge is -2.29. The molecule has 1 unspecified atom stereocenters. The first kappa shape index (κ1) is 19.4. The van der Waals surface area contributed by atoms with Crippen LogP contribution >= 0.6 is 11.6 Å². The third kappa shape index (κ3) is 5.54. The van der Waals surface area contributed by atoms with Crippen LogP contribution in [0.5, 0.6) is 0 Å². The van der Waals surface area contributed by atoms with Gasteiger partial charge in [0.1, 0.15) is 0 Å². The van der Waals surface area contributed by atoms with Gasteiger partial charge >= 0.3 is 0 Å². The number of aliphatic hydroxyl groups is 1. The Morgan fingerprint density at radius 3 is 2.27 bits per heavy atom. The lowest BCUT2D eigenvalue weighted by atomic mass is 9.92. The molecule has 0 aliphatic rings. The minimum atomic E-state index is -3.66. The van der Waals surface area contributed by atoms with E-state index < -0.39 is 22.2 Å². The molecule has 0 bridgehead atoms. The molecule has 0 aliphatic carbocycles. The van der Waals surface area contributed by atoms with E-state index in [1.165, 1.54) is 0 Å². The number of aliphatic hydroxyl groups excluding tert-OH is 1. The molecule has 0 aromatic heterocycles. The van der Waals surface area contributed by atoms with Crippen molar-refractivity contribution >= 4 is 21.6 Å². The zero-order valence-corrected chi connectivity index (χ0v) is 14.9. The number of sulfonamides is 1. The Morgan fingerprint density at radius 1 is 1.18 bits per heavy atom. The predicted molar refractivity (Wildman–Crippen MR) is 90.6 cm³/mol. The molecule has 1 aromatic carbocycles. The Morgan fingerprint density at radius 2 is 1.77 bits per heavy atom. The topological polar surface area (TPSA) is 66.4 Å². The van der Waals surface area contributed by atoms with Crippen LogP contribution in [0.15, 0.2) is 35.2 Å². The van der Waals surface area contributed by atoms with E-state index >= 15 is 0 Å². The second-order valence-electron chi connectivity index (χ2n) is 5.65. The van der Waals surface area contributed by atoms with Crippen LogP contribution in [-0.4, -0.2) is 31.0 Å². The molecule has 0 spiro atoms. The van der Waals surface area contributed by atoms with Gasteiger partial charge in [-0.05, 0) is 30.9 Å². The first-order chi connectivity index (χ1) is 10.3. The monoisotopic (exact) mass is 347 g/mol. The first-order valence-corrected chi connectivity index (χ1v) is 9.63. The van der Waals surface area contributed by atoms with E-state index in [9.17, 15) is 13.5 Å². The molecule has 0 saturated carbocycles. The number of hydrogen-bond donors (Lipinski definition) is 2. The number of rotatable bonds is 9. The van der Waals surface area contributed by atoms with E-state index in [0.29, 0.717) is 6.42 Å². The third-order valence-corrected chi connectivity index (χ3v) is 5.92. The van der Waals surface area contributed by atoms with Crippen LogP contribution in [0.3, 0.4) is 0 Å². The Labute approximate surface area is 138 Å². The van der Waals surface area contributed by atoms with E-state index in [4.69, 9.17) is 11.6 Å². The summed E-state index contributed by atoms with van der Waals surface area (Å²) in [4.78, 5) is 0.202. The third-order valence-electron chi connectivity index (χ3n) is 3.96. The van der Waals surface area contributed by atoms with Crippen LogP contribution in [0, 0.1) is 5.92 Å². The van der Waals surface area contributed by atoms with Gasteiger partial charge in [-0.3, -0.25) is 0 Å². The van der Waals surface area contributed by atoms with Crippen LogP contribution in [0.4, 0.5) is 0 Å². The van der Waals surface area contributed by atoms with Crippen molar-refractivity contribution < 1.29 is 13.5 Å². The fourth-order valence-electron chi connectivity index (χ4n) is 2.25. The zero-order valence-electron chi connectivity index (χ0n) is 13.4. The molecule has 126 valence electrons. The SMILES string of the molecule is CCC(Cl)C[C@H](O)[C@@H](NS(=O)(=O)c1ccccc1)[C@@H](C)CC. The predicted octanol–water partition coefficient (Wildman–Crippen LogP) is 3.15. The zero-order chi connectivity index (χ0) is 16.8. The van der Waals surface area contributed by atoms with Crippen LogP contribution < -0.4 is 4.72 Å². The fraction of sp³-hybridized carbons (Fsp3) is 0.625. The van der Waals surface area contributed by atoms with Gasteiger partial charge < -0.3 is 5.11 Å². The van der Waals surface area contributed by atoms with Crippen LogP contribution in [-0.2, 0) is 10.0 Å². The van der Waals surface area contributed by atoms with Crippen molar-refractivity contribution in [1.82, 2.24) is 4.72 Å². The molecule has 6 heteroatoms. The summed E-state index contributed by atoms with van der Waals surface area (Å²) in [6, 6.07) is 7.64. The molecular weight excluding hydrogens is 322 g/mol. The van der Waals surface area contributed by atoms with E-state index in [-0.39, 0.29) is 16.2 Å². The Bertz CT molecular complexity index is 536. The van der Waals surface area contributed by atoms with Crippen LogP contribution in [0.1, 0.15) is 40.0 Å². The van der Waals surface area contributed by atoms with Gasteiger partial charge in [-0.15, -0.1) is 11.6 Å². The molecule has 1 aromatic rings. The second-order valence-corrected chi connectivity index (χ2v) is 7.99. The van der Waals surface area contributed by atoms with Gasteiger partial charge in [0.2, 0.25) is 10.0 Å². The number of benzene rings is 1. The number of alkyl halides is 1. The van der Waals surface area contributed by atoms with Crippen molar-refractivity contribution in [2.45, 2.75) is 62.5 Å². The molecular formula is C16H26ClNO3S. The second kappa shape index (κ2) is 8.87. The van der Waals surface area contributed by atoms with Crippen molar-refractivity contribution in [2.24, 2.45) is 5.92 Å². The lowest BCUT2D eigenvalue weighted by molar-refractivity contribution is 0.102. The maximum Gasteiger partial charge on any atom is 0.240 e. The summed E-state index contributed by atoms with van der Waals surface area (Å²) in [6.07, 6.45) is 1.05. The molecule has 1 rings (SSSR count). The average Bonchev–Trinajstić information content (AvgIpc) is 2.52. The summed E-state index contributed by atoms with van der Waals surface area (Å²) in [7, 11) is -3.66. The van der Waals surface area contributed by atoms with Gasteiger partial charge in [-0.2, -0.15) is 0 Å². The van der Waals surface area contributed by atoms with Gasteiger partial charge in [-0.1, -0.05) is 45.4 Å². The Kier molecular flexibility index (Phi) is 7.83. The quantitative estimate of drug-likeness (QED) is 0.674. The molecule has 4 nitrogen and oxygen atoms in total. The van der Waals surface area contributed by atoms with E-state index in [1.807, 2.05) is 20.8 Å². The summed E-state index contributed by atoms with van der Waals surface area (Å²) in [5.41, 5.74) is 0. The average molecular weight is 348 g/mol. The van der Waals surface area contributed by atoms with Gasteiger partial charge in [0, 0.05) is 5.38 Å². The fourth-order valence-corrected chi connectivity index (χ4v) is 3.83. The van der Waals surface area contributed by atoms with Crippen molar-refractivity contribution in [3.05, 3.63) is 30.3 Å². The molecule has 0 radical (unpaired) electrons. The highest BCUT2D eigenvalue weighted by Gasteiger charge is 2.30. The molecule has 0 amide bonds. The summed E-state index contributed by atoms with van der Waals surface area (Å²) in [6.45, 7) is 5.84. The summed E-state index contributed by atoms with van der Waals surface area (Å²) in [5, 5.41) is 10.2. The summed E-state index contributed by atoms with van der Waals surface area (Å²) in [5.74, 6) is 0.00853. The van der Waals surface area contributed by atoms with Gasteiger partial charge in [0.25, 0.3) is 0 Å². The maximum absolute atomic E-state index is 12.5. The minimum Gasteiger partial charge on any atom is -0.391 e. The summed E-state index contributed by atoms with van der Waals surface area (Å²) >= 11 is 6.10. The van der Waals surface area contributed by atoms with Crippen molar-refractivity contribution in [3.63, 3.8) is 0 Å².